The maximum Gasteiger partial charge on any atom is 0.270 e. The number of non-ortho nitro benzene ring substituents is 1. The molecule has 2 aromatic rings. The fraction of sp³-hybridized carbons (Fsp3) is 0.167. The summed E-state index contributed by atoms with van der Waals surface area (Å²) < 4.78 is 27.1. The van der Waals surface area contributed by atoms with Crippen LogP contribution in [0.15, 0.2) is 39.9 Å². The van der Waals surface area contributed by atoms with Gasteiger partial charge < -0.3 is 5.32 Å². The minimum atomic E-state index is -3.85. The topological polar surface area (TPSA) is 101 Å². The molecule has 1 aromatic carbocycles. The van der Waals surface area contributed by atoms with Crippen LogP contribution >= 0.6 is 11.3 Å². The predicted octanol–water partition coefficient (Wildman–Crippen LogP) is 2.18. The molecular weight excluding hydrogens is 314 g/mol. The lowest BCUT2D eigenvalue weighted by molar-refractivity contribution is -0.385. The van der Waals surface area contributed by atoms with E-state index in [1.165, 1.54) is 23.5 Å². The van der Waals surface area contributed by atoms with Gasteiger partial charge in [0, 0.05) is 25.7 Å². The molecule has 0 saturated heterocycles. The Kier molecular flexibility index (Phi) is 4.56. The molecule has 7 nitrogen and oxygen atoms in total. The molecule has 2 rings (SSSR count). The van der Waals surface area contributed by atoms with Crippen molar-refractivity contribution in [3.8, 4) is 0 Å². The molecule has 1 aromatic heterocycles. The Labute approximate surface area is 125 Å². The summed E-state index contributed by atoms with van der Waals surface area (Å²) in [6.45, 7) is 0.137. The Bertz CT molecular complexity index is 742. The second-order valence-corrected chi connectivity index (χ2v) is 6.66. The summed E-state index contributed by atoms with van der Waals surface area (Å²) in [5.41, 5.74) is 0.864. The third-order valence-corrected chi connectivity index (χ3v) is 4.95. The first-order valence-corrected chi connectivity index (χ1v) is 8.33. The van der Waals surface area contributed by atoms with Crippen molar-refractivity contribution < 1.29 is 13.3 Å². The van der Waals surface area contributed by atoms with Gasteiger partial charge in [0.05, 0.1) is 10.6 Å². The average molecular weight is 327 g/mol. The van der Waals surface area contributed by atoms with Gasteiger partial charge in [0.15, 0.2) is 0 Å². The highest BCUT2D eigenvalue weighted by Gasteiger charge is 2.21. The van der Waals surface area contributed by atoms with Crippen LogP contribution in [0.3, 0.4) is 0 Å². The second-order valence-electron chi connectivity index (χ2n) is 4.14. The van der Waals surface area contributed by atoms with Crippen LogP contribution in [0, 0.1) is 10.1 Å². The molecule has 0 bridgehead atoms. The van der Waals surface area contributed by atoms with Crippen LogP contribution in [0.2, 0.25) is 0 Å². The lowest BCUT2D eigenvalue weighted by Crippen LogP contribution is -2.24. The molecular formula is C12H13N3O4S2. The minimum absolute atomic E-state index is 0.137. The molecule has 112 valence electrons. The number of hydrogen-bond acceptors (Lipinski definition) is 6. The summed E-state index contributed by atoms with van der Waals surface area (Å²) in [6.07, 6.45) is 0. The van der Waals surface area contributed by atoms with Gasteiger partial charge in [-0.25, -0.2) is 13.1 Å². The Hall–Kier alpha value is -1.97. The monoisotopic (exact) mass is 327 g/mol. The summed E-state index contributed by atoms with van der Waals surface area (Å²) in [5, 5.41) is 17.2. The van der Waals surface area contributed by atoms with Crippen LogP contribution in [0.5, 0.6) is 0 Å². The highest BCUT2D eigenvalue weighted by atomic mass is 32.2. The van der Waals surface area contributed by atoms with Crippen molar-refractivity contribution in [3.05, 3.63) is 50.7 Å². The smallest absolute Gasteiger partial charge is 0.270 e. The van der Waals surface area contributed by atoms with E-state index >= 15 is 0 Å². The predicted molar refractivity (Wildman–Crippen MR) is 81.0 cm³/mol. The lowest BCUT2D eigenvalue weighted by Gasteiger charge is -2.10. The summed E-state index contributed by atoms with van der Waals surface area (Å²) in [6, 6.07) is 5.47. The van der Waals surface area contributed by atoms with Gasteiger partial charge in [-0.1, -0.05) is 0 Å². The molecule has 0 saturated carbocycles. The number of sulfonamides is 1. The highest BCUT2D eigenvalue weighted by molar-refractivity contribution is 7.89. The first kappa shape index (κ1) is 15.4. The van der Waals surface area contributed by atoms with Crippen molar-refractivity contribution >= 4 is 32.7 Å². The van der Waals surface area contributed by atoms with E-state index in [0.29, 0.717) is 5.69 Å². The van der Waals surface area contributed by atoms with Gasteiger partial charge in [-0.15, -0.1) is 0 Å². The van der Waals surface area contributed by atoms with Gasteiger partial charge in [-0.3, -0.25) is 10.1 Å². The molecule has 0 atom stereocenters. The molecule has 0 amide bonds. The van der Waals surface area contributed by atoms with Crippen LogP contribution in [-0.4, -0.2) is 20.4 Å². The highest BCUT2D eigenvalue weighted by Crippen LogP contribution is 2.26. The molecule has 0 aliphatic carbocycles. The van der Waals surface area contributed by atoms with Crippen molar-refractivity contribution in [2.75, 3.05) is 12.4 Å². The standard InChI is InChI=1S/C12H13N3O4S2/c1-13-11-3-2-10(15(16)17)6-12(11)21(18,19)14-7-9-4-5-20-8-9/h2-6,8,13-14H,7H2,1H3. The molecule has 0 fully saturated rings. The van der Waals surface area contributed by atoms with Crippen molar-refractivity contribution in [2.45, 2.75) is 11.4 Å². The van der Waals surface area contributed by atoms with Gasteiger partial charge in [0.2, 0.25) is 10.0 Å². The molecule has 9 heteroatoms. The van der Waals surface area contributed by atoms with Gasteiger partial charge in [-0.2, -0.15) is 11.3 Å². The molecule has 21 heavy (non-hydrogen) atoms. The van der Waals surface area contributed by atoms with Crippen molar-refractivity contribution in [2.24, 2.45) is 0 Å². The van der Waals surface area contributed by atoms with E-state index in [1.54, 1.807) is 13.1 Å². The zero-order chi connectivity index (χ0) is 15.5. The Morgan fingerprint density at radius 3 is 2.67 bits per heavy atom. The first-order chi connectivity index (χ1) is 9.94. The lowest BCUT2D eigenvalue weighted by atomic mass is 10.3. The quantitative estimate of drug-likeness (QED) is 0.625. The largest absolute Gasteiger partial charge is 0.387 e. The van der Waals surface area contributed by atoms with Gasteiger partial charge >= 0.3 is 0 Å². The van der Waals surface area contributed by atoms with Gasteiger partial charge in [0.1, 0.15) is 4.90 Å². The number of anilines is 1. The minimum Gasteiger partial charge on any atom is -0.387 e. The van der Waals surface area contributed by atoms with E-state index in [2.05, 4.69) is 10.0 Å². The fourth-order valence-electron chi connectivity index (χ4n) is 1.70. The molecule has 1 heterocycles. The molecule has 0 radical (unpaired) electrons. The number of nitrogens with zero attached hydrogens (tertiary/aromatic N) is 1. The Morgan fingerprint density at radius 2 is 2.10 bits per heavy atom. The van der Waals surface area contributed by atoms with Crippen LogP contribution < -0.4 is 10.0 Å². The molecule has 2 N–H and O–H groups in total. The number of nitro benzene ring substituents is 1. The number of rotatable bonds is 6. The van der Waals surface area contributed by atoms with E-state index in [9.17, 15) is 18.5 Å². The maximum atomic E-state index is 12.3. The third kappa shape index (κ3) is 3.57. The number of nitro groups is 1. The molecule has 0 aliphatic rings. The SMILES string of the molecule is CNc1ccc([N+](=O)[O-])cc1S(=O)(=O)NCc1ccsc1. The zero-order valence-corrected chi connectivity index (χ0v) is 12.7. The van der Waals surface area contributed by atoms with Crippen molar-refractivity contribution in [1.82, 2.24) is 4.72 Å². The van der Waals surface area contributed by atoms with E-state index in [-0.39, 0.29) is 17.1 Å². The Balaban J connectivity index is 2.33. The zero-order valence-electron chi connectivity index (χ0n) is 11.1. The number of thiophene rings is 1. The van der Waals surface area contributed by atoms with Crippen LogP contribution in [0.1, 0.15) is 5.56 Å². The number of nitrogens with one attached hydrogen (secondary N) is 2. The molecule has 0 aliphatic heterocycles. The average Bonchev–Trinajstić information content (AvgIpc) is 2.98. The van der Waals surface area contributed by atoms with Crippen LogP contribution in [-0.2, 0) is 16.6 Å². The van der Waals surface area contributed by atoms with E-state index < -0.39 is 14.9 Å². The fourth-order valence-corrected chi connectivity index (χ4v) is 3.62. The van der Waals surface area contributed by atoms with E-state index in [4.69, 9.17) is 0 Å². The Morgan fingerprint density at radius 1 is 1.33 bits per heavy atom. The molecule has 0 spiro atoms. The normalized spacial score (nSPS) is 11.3. The van der Waals surface area contributed by atoms with E-state index in [1.807, 2.05) is 10.8 Å². The number of benzene rings is 1. The first-order valence-electron chi connectivity index (χ1n) is 5.91. The van der Waals surface area contributed by atoms with Crippen molar-refractivity contribution in [1.29, 1.82) is 0 Å². The van der Waals surface area contributed by atoms with Crippen molar-refractivity contribution in [3.63, 3.8) is 0 Å². The summed E-state index contributed by atoms with van der Waals surface area (Å²) >= 11 is 1.46. The number of hydrogen-bond donors (Lipinski definition) is 2. The van der Waals surface area contributed by atoms with Crippen LogP contribution in [0.4, 0.5) is 11.4 Å². The van der Waals surface area contributed by atoms with Gasteiger partial charge in [-0.05, 0) is 28.5 Å². The van der Waals surface area contributed by atoms with Gasteiger partial charge in [0.25, 0.3) is 5.69 Å². The van der Waals surface area contributed by atoms with E-state index in [0.717, 1.165) is 11.6 Å². The maximum absolute atomic E-state index is 12.3. The summed E-state index contributed by atoms with van der Waals surface area (Å²) in [7, 11) is -2.29. The summed E-state index contributed by atoms with van der Waals surface area (Å²) in [4.78, 5) is 10.0. The third-order valence-electron chi connectivity index (χ3n) is 2.78. The van der Waals surface area contributed by atoms with Crippen LogP contribution in [0.25, 0.3) is 0 Å². The molecule has 0 unspecified atom stereocenters. The summed E-state index contributed by atoms with van der Waals surface area (Å²) in [5.74, 6) is 0. The second kappa shape index (κ2) is 6.20.